The quantitative estimate of drug-likeness (QED) is 0.837. The van der Waals surface area contributed by atoms with E-state index in [4.69, 9.17) is 5.73 Å². The van der Waals surface area contributed by atoms with E-state index in [1.165, 1.54) is 6.07 Å². The highest BCUT2D eigenvalue weighted by Gasteiger charge is 2.48. The van der Waals surface area contributed by atoms with Gasteiger partial charge in [-0.05, 0) is 30.0 Å². The van der Waals surface area contributed by atoms with Gasteiger partial charge in [-0.15, -0.1) is 0 Å². The normalized spacial score (nSPS) is 29.3. The van der Waals surface area contributed by atoms with Crippen molar-refractivity contribution in [2.75, 3.05) is 0 Å². The Morgan fingerprint density at radius 3 is 2.73 bits per heavy atom. The van der Waals surface area contributed by atoms with Gasteiger partial charge in [0.1, 0.15) is 5.75 Å². The molecule has 1 aliphatic rings. The van der Waals surface area contributed by atoms with Crippen molar-refractivity contribution in [2.45, 2.75) is 25.5 Å². The Morgan fingerprint density at radius 1 is 1.53 bits per heavy atom. The molecule has 2 nitrogen and oxygen atoms in total. The van der Waals surface area contributed by atoms with Crippen molar-refractivity contribution >= 4 is 0 Å². The van der Waals surface area contributed by atoms with Crippen LogP contribution in [0, 0.1) is 5.92 Å². The van der Waals surface area contributed by atoms with Crippen LogP contribution in [0.2, 0.25) is 0 Å². The Bertz CT molecular complexity index is 369. The minimum atomic E-state index is -2.79. The van der Waals surface area contributed by atoms with Crippen LogP contribution in [0.5, 0.6) is 5.75 Å². The first-order chi connectivity index (χ1) is 7.02. The summed E-state index contributed by atoms with van der Waals surface area (Å²) in [5, 5.41) is 0. The number of halogens is 2. The zero-order valence-electron chi connectivity index (χ0n) is 8.41. The molecule has 2 atom stereocenters. The second-order valence-corrected chi connectivity index (χ2v) is 4.05. The summed E-state index contributed by atoms with van der Waals surface area (Å²) in [5.41, 5.74) is 6.59. The Kier molecular flexibility index (Phi) is 2.38. The summed E-state index contributed by atoms with van der Waals surface area (Å²) in [6, 6.07) is 6.64. The molecule has 15 heavy (non-hydrogen) atoms. The highest BCUT2D eigenvalue weighted by molar-refractivity contribution is 5.37. The molecule has 4 heteroatoms. The summed E-state index contributed by atoms with van der Waals surface area (Å²) in [5.74, 6) is 0.575. The Morgan fingerprint density at radius 2 is 2.20 bits per heavy atom. The van der Waals surface area contributed by atoms with Crippen molar-refractivity contribution in [3.05, 3.63) is 29.8 Å². The van der Waals surface area contributed by atoms with Crippen molar-refractivity contribution < 1.29 is 13.5 Å². The Balaban J connectivity index is 2.20. The van der Waals surface area contributed by atoms with Gasteiger partial charge in [-0.1, -0.05) is 19.1 Å². The van der Waals surface area contributed by atoms with Crippen LogP contribution >= 0.6 is 0 Å². The molecule has 2 unspecified atom stereocenters. The number of alkyl halides is 2. The second-order valence-electron chi connectivity index (χ2n) is 4.05. The first-order valence-electron chi connectivity index (χ1n) is 4.86. The number of nitrogens with two attached hydrogens (primary N) is 1. The molecule has 0 radical (unpaired) electrons. The maximum absolute atomic E-state index is 12.0. The maximum Gasteiger partial charge on any atom is 0.387 e. The van der Waals surface area contributed by atoms with Crippen LogP contribution < -0.4 is 10.5 Å². The van der Waals surface area contributed by atoms with E-state index in [-0.39, 0.29) is 11.3 Å². The predicted molar refractivity (Wildman–Crippen MR) is 52.7 cm³/mol. The number of rotatable bonds is 3. The Hall–Kier alpha value is -1.16. The van der Waals surface area contributed by atoms with E-state index in [0.717, 1.165) is 12.0 Å². The van der Waals surface area contributed by atoms with E-state index < -0.39 is 6.61 Å². The van der Waals surface area contributed by atoms with Gasteiger partial charge in [0.25, 0.3) is 0 Å². The number of benzene rings is 1. The molecule has 0 aliphatic heterocycles. The van der Waals surface area contributed by atoms with Gasteiger partial charge in [0.15, 0.2) is 0 Å². The first kappa shape index (κ1) is 10.4. The predicted octanol–water partition coefficient (Wildman–Crippen LogP) is 2.48. The summed E-state index contributed by atoms with van der Waals surface area (Å²) in [6.07, 6.45) is 0.894. The third-order valence-corrected chi connectivity index (χ3v) is 2.96. The van der Waals surface area contributed by atoms with Gasteiger partial charge in [0.05, 0.1) is 0 Å². The second kappa shape index (κ2) is 3.45. The Labute approximate surface area is 87.0 Å². The fourth-order valence-electron chi connectivity index (χ4n) is 1.81. The van der Waals surface area contributed by atoms with E-state index in [1.54, 1.807) is 12.1 Å². The number of ether oxygens (including phenoxy) is 1. The highest BCUT2D eigenvalue weighted by atomic mass is 19.3. The lowest BCUT2D eigenvalue weighted by atomic mass is 10.0. The molecule has 1 aromatic carbocycles. The van der Waals surface area contributed by atoms with Crippen LogP contribution in [0.15, 0.2) is 24.3 Å². The lowest BCUT2D eigenvalue weighted by molar-refractivity contribution is -0.0499. The van der Waals surface area contributed by atoms with Gasteiger partial charge in [-0.25, -0.2) is 0 Å². The van der Waals surface area contributed by atoms with E-state index in [0.29, 0.717) is 5.92 Å². The molecule has 1 aromatic rings. The minimum Gasteiger partial charge on any atom is -0.435 e. The van der Waals surface area contributed by atoms with Gasteiger partial charge in [0.2, 0.25) is 0 Å². The van der Waals surface area contributed by atoms with Crippen molar-refractivity contribution in [2.24, 2.45) is 11.7 Å². The van der Waals surface area contributed by atoms with Gasteiger partial charge in [0, 0.05) is 5.54 Å². The summed E-state index contributed by atoms with van der Waals surface area (Å²) < 4.78 is 28.3. The standard InChI is InChI=1S/C11H13F2NO/c1-7-6-11(7,14)8-3-2-4-9(5-8)15-10(12)13/h2-5,7,10H,6,14H2,1H3. The zero-order chi connectivity index (χ0) is 11.1. The molecule has 2 rings (SSSR count). The first-order valence-corrected chi connectivity index (χ1v) is 4.86. The molecule has 0 aromatic heterocycles. The smallest absolute Gasteiger partial charge is 0.387 e. The molecule has 1 saturated carbocycles. The SMILES string of the molecule is CC1CC1(N)c1cccc(OC(F)F)c1. The van der Waals surface area contributed by atoms with Gasteiger partial charge >= 0.3 is 6.61 Å². The van der Waals surface area contributed by atoms with E-state index >= 15 is 0 Å². The molecule has 1 aliphatic carbocycles. The number of hydrogen-bond acceptors (Lipinski definition) is 2. The average molecular weight is 213 g/mol. The molecular weight excluding hydrogens is 200 g/mol. The van der Waals surface area contributed by atoms with Crippen LogP contribution in [-0.4, -0.2) is 6.61 Å². The molecule has 82 valence electrons. The summed E-state index contributed by atoms with van der Waals surface area (Å²) in [4.78, 5) is 0. The lowest BCUT2D eigenvalue weighted by Gasteiger charge is -2.12. The minimum absolute atomic E-state index is 0.173. The maximum atomic E-state index is 12.0. The van der Waals surface area contributed by atoms with Crippen molar-refractivity contribution in [3.8, 4) is 5.75 Å². The largest absolute Gasteiger partial charge is 0.435 e. The fourth-order valence-corrected chi connectivity index (χ4v) is 1.81. The van der Waals surface area contributed by atoms with Crippen molar-refractivity contribution in [1.29, 1.82) is 0 Å². The average Bonchev–Trinajstić information content (AvgIpc) is 2.75. The number of hydrogen-bond donors (Lipinski definition) is 1. The lowest BCUT2D eigenvalue weighted by Crippen LogP contribution is -2.21. The molecule has 1 fully saturated rings. The molecule has 0 spiro atoms. The van der Waals surface area contributed by atoms with Crippen LogP contribution in [0.1, 0.15) is 18.9 Å². The van der Waals surface area contributed by atoms with Crippen LogP contribution in [-0.2, 0) is 5.54 Å². The van der Waals surface area contributed by atoms with Crippen molar-refractivity contribution in [3.63, 3.8) is 0 Å². The zero-order valence-corrected chi connectivity index (χ0v) is 8.41. The molecule has 0 bridgehead atoms. The van der Waals surface area contributed by atoms with Gasteiger partial charge in [-0.3, -0.25) is 0 Å². The molecule has 0 heterocycles. The van der Waals surface area contributed by atoms with Crippen LogP contribution in [0.25, 0.3) is 0 Å². The molecule has 0 saturated heterocycles. The van der Waals surface area contributed by atoms with Gasteiger partial charge in [-0.2, -0.15) is 8.78 Å². The monoisotopic (exact) mass is 213 g/mol. The third-order valence-electron chi connectivity index (χ3n) is 2.96. The van der Waals surface area contributed by atoms with E-state index in [2.05, 4.69) is 4.74 Å². The molecule has 0 amide bonds. The van der Waals surface area contributed by atoms with Crippen molar-refractivity contribution in [1.82, 2.24) is 0 Å². The van der Waals surface area contributed by atoms with E-state index in [9.17, 15) is 8.78 Å². The summed E-state index contributed by atoms with van der Waals surface area (Å²) in [7, 11) is 0. The van der Waals surface area contributed by atoms with Crippen LogP contribution in [0.4, 0.5) is 8.78 Å². The summed E-state index contributed by atoms with van der Waals surface area (Å²) in [6.45, 7) is -0.744. The molecule has 2 N–H and O–H groups in total. The topological polar surface area (TPSA) is 35.2 Å². The van der Waals surface area contributed by atoms with E-state index in [1.807, 2.05) is 13.0 Å². The molecular formula is C11H13F2NO. The highest BCUT2D eigenvalue weighted by Crippen LogP contribution is 2.49. The third kappa shape index (κ3) is 1.95. The summed E-state index contributed by atoms with van der Waals surface area (Å²) >= 11 is 0. The van der Waals surface area contributed by atoms with Gasteiger partial charge < -0.3 is 10.5 Å². The van der Waals surface area contributed by atoms with Crippen LogP contribution in [0.3, 0.4) is 0 Å². The fraction of sp³-hybridized carbons (Fsp3) is 0.455.